The summed E-state index contributed by atoms with van der Waals surface area (Å²) in [6, 6.07) is 1.96. The SMILES string of the molecule is NC1CCC(NC2C[CH]CCC2N)CC1. The molecule has 2 saturated carbocycles. The molecule has 0 spiro atoms. The quantitative estimate of drug-likeness (QED) is 0.635. The Kier molecular flexibility index (Phi) is 4.00. The first-order valence-electron chi connectivity index (χ1n) is 6.34. The first kappa shape index (κ1) is 11.4. The van der Waals surface area contributed by atoms with Gasteiger partial charge in [-0.25, -0.2) is 0 Å². The van der Waals surface area contributed by atoms with Crippen molar-refractivity contribution < 1.29 is 0 Å². The van der Waals surface area contributed by atoms with Crippen LogP contribution in [0.15, 0.2) is 0 Å². The molecule has 87 valence electrons. The number of rotatable bonds is 2. The monoisotopic (exact) mass is 210 g/mol. The maximum Gasteiger partial charge on any atom is 0.0224 e. The standard InChI is InChI=1S/C12H24N3/c13-9-5-7-10(8-6-9)15-12-4-2-1-3-11(12)14/h2,9-12,15H,1,3-8,13-14H2. The minimum absolute atomic E-state index is 0.352. The number of hydrogen-bond donors (Lipinski definition) is 3. The highest BCUT2D eigenvalue weighted by Crippen LogP contribution is 2.21. The van der Waals surface area contributed by atoms with Crippen molar-refractivity contribution in [3.05, 3.63) is 6.42 Å². The topological polar surface area (TPSA) is 64.1 Å². The van der Waals surface area contributed by atoms with E-state index in [9.17, 15) is 0 Å². The molecule has 2 aliphatic rings. The maximum absolute atomic E-state index is 6.12. The number of hydrogen-bond acceptors (Lipinski definition) is 3. The third-order valence-electron chi connectivity index (χ3n) is 3.86. The smallest absolute Gasteiger partial charge is 0.0224 e. The van der Waals surface area contributed by atoms with Gasteiger partial charge in [0.05, 0.1) is 0 Å². The van der Waals surface area contributed by atoms with Crippen LogP contribution in [0.3, 0.4) is 0 Å². The van der Waals surface area contributed by atoms with E-state index in [-0.39, 0.29) is 0 Å². The molecule has 15 heavy (non-hydrogen) atoms. The lowest BCUT2D eigenvalue weighted by Gasteiger charge is -2.35. The Balaban J connectivity index is 1.75. The van der Waals surface area contributed by atoms with E-state index in [0.29, 0.717) is 24.2 Å². The summed E-state index contributed by atoms with van der Waals surface area (Å²) in [5.74, 6) is 0. The van der Waals surface area contributed by atoms with Crippen molar-refractivity contribution >= 4 is 0 Å². The van der Waals surface area contributed by atoms with Crippen LogP contribution < -0.4 is 16.8 Å². The molecule has 0 saturated heterocycles. The van der Waals surface area contributed by atoms with E-state index in [1.54, 1.807) is 0 Å². The van der Waals surface area contributed by atoms with Crippen molar-refractivity contribution in [1.29, 1.82) is 0 Å². The summed E-state index contributed by atoms with van der Waals surface area (Å²) < 4.78 is 0. The second kappa shape index (κ2) is 5.28. The molecular weight excluding hydrogens is 186 g/mol. The zero-order valence-corrected chi connectivity index (χ0v) is 9.49. The van der Waals surface area contributed by atoms with E-state index >= 15 is 0 Å². The van der Waals surface area contributed by atoms with Crippen molar-refractivity contribution in [3.8, 4) is 0 Å². The molecule has 5 N–H and O–H groups in total. The predicted molar refractivity (Wildman–Crippen MR) is 63.3 cm³/mol. The summed E-state index contributed by atoms with van der Waals surface area (Å²) in [5.41, 5.74) is 12.0. The van der Waals surface area contributed by atoms with Gasteiger partial charge in [-0.1, -0.05) is 0 Å². The van der Waals surface area contributed by atoms with Gasteiger partial charge in [0.25, 0.3) is 0 Å². The summed E-state index contributed by atoms with van der Waals surface area (Å²) in [6.07, 6.45) is 10.6. The lowest BCUT2D eigenvalue weighted by atomic mass is 9.87. The van der Waals surface area contributed by atoms with Gasteiger partial charge < -0.3 is 16.8 Å². The minimum Gasteiger partial charge on any atom is -0.328 e. The van der Waals surface area contributed by atoms with Gasteiger partial charge in [-0.15, -0.1) is 0 Å². The van der Waals surface area contributed by atoms with Crippen molar-refractivity contribution in [2.75, 3.05) is 0 Å². The molecule has 2 aliphatic carbocycles. The van der Waals surface area contributed by atoms with Gasteiger partial charge in [-0.2, -0.15) is 0 Å². The largest absolute Gasteiger partial charge is 0.328 e. The zero-order valence-electron chi connectivity index (χ0n) is 9.49. The molecule has 0 aliphatic heterocycles. The number of nitrogens with one attached hydrogen (secondary N) is 1. The van der Waals surface area contributed by atoms with Crippen molar-refractivity contribution in [1.82, 2.24) is 5.32 Å². The van der Waals surface area contributed by atoms with Crippen LogP contribution in [-0.2, 0) is 0 Å². The van der Waals surface area contributed by atoms with Gasteiger partial charge >= 0.3 is 0 Å². The summed E-state index contributed by atoms with van der Waals surface area (Å²) in [4.78, 5) is 0. The van der Waals surface area contributed by atoms with Gasteiger partial charge in [-0.05, 0) is 51.4 Å². The highest BCUT2D eigenvalue weighted by Gasteiger charge is 2.26. The molecule has 3 heteroatoms. The molecule has 0 heterocycles. The third kappa shape index (κ3) is 3.16. The average Bonchev–Trinajstić information content (AvgIpc) is 2.25. The van der Waals surface area contributed by atoms with Crippen LogP contribution in [0.25, 0.3) is 0 Å². The molecule has 0 bridgehead atoms. The van der Waals surface area contributed by atoms with Crippen LogP contribution in [0, 0.1) is 6.42 Å². The molecule has 0 aromatic carbocycles. The van der Waals surface area contributed by atoms with E-state index in [2.05, 4.69) is 11.7 Å². The molecule has 2 rings (SSSR count). The molecule has 0 amide bonds. The van der Waals surface area contributed by atoms with Crippen LogP contribution in [0.4, 0.5) is 0 Å². The van der Waals surface area contributed by atoms with E-state index in [1.165, 1.54) is 32.1 Å². The molecular formula is C12H24N3. The van der Waals surface area contributed by atoms with E-state index in [0.717, 1.165) is 12.8 Å². The zero-order chi connectivity index (χ0) is 10.7. The normalized spacial score (nSPS) is 42.8. The second-order valence-corrected chi connectivity index (χ2v) is 5.15. The predicted octanol–water partition coefficient (Wildman–Crippen LogP) is 0.930. The van der Waals surface area contributed by atoms with Crippen LogP contribution >= 0.6 is 0 Å². The fourth-order valence-electron chi connectivity index (χ4n) is 2.76. The second-order valence-electron chi connectivity index (χ2n) is 5.15. The van der Waals surface area contributed by atoms with E-state index < -0.39 is 0 Å². The average molecular weight is 210 g/mol. The fraction of sp³-hybridized carbons (Fsp3) is 0.917. The first-order valence-corrected chi connectivity index (χ1v) is 6.34. The Morgan fingerprint density at radius 2 is 1.73 bits per heavy atom. The lowest BCUT2D eigenvalue weighted by Crippen LogP contribution is -2.52. The van der Waals surface area contributed by atoms with Gasteiger partial charge in [0.1, 0.15) is 0 Å². The summed E-state index contributed by atoms with van der Waals surface area (Å²) in [6.45, 7) is 0. The Morgan fingerprint density at radius 3 is 2.40 bits per heavy atom. The van der Waals surface area contributed by atoms with Gasteiger partial charge in [-0.3, -0.25) is 0 Å². The summed E-state index contributed by atoms with van der Waals surface area (Å²) in [7, 11) is 0. The molecule has 0 aromatic rings. The highest BCUT2D eigenvalue weighted by molar-refractivity contribution is 4.93. The van der Waals surface area contributed by atoms with Gasteiger partial charge in [0, 0.05) is 24.2 Å². The maximum atomic E-state index is 6.12. The molecule has 2 fully saturated rings. The molecule has 1 radical (unpaired) electrons. The summed E-state index contributed by atoms with van der Waals surface area (Å²) in [5, 5.41) is 3.72. The van der Waals surface area contributed by atoms with Crippen LogP contribution in [0.1, 0.15) is 44.9 Å². The Bertz CT molecular complexity index is 187. The van der Waals surface area contributed by atoms with E-state index in [4.69, 9.17) is 11.5 Å². The lowest BCUT2D eigenvalue weighted by molar-refractivity contribution is 0.276. The van der Waals surface area contributed by atoms with Crippen molar-refractivity contribution in [3.63, 3.8) is 0 Å². The molecule has 2 unspecified atom stereocenters. The van der Waals surface area contributed by atoms with Crippen LogP contribution in [-0.4, -0.2) is 24.2 Å². The Labute approximate surface area is 93.0 Å². The summed E-state index contributed by atoms with van der Waals surface area (Å²) >= 11 is 0. The minimum atomic E-state index is 0.352. The molecule has 0 aromatic heterocycles. The molecule has 3 nitrogen and oxygen atoms in total. The highest BCUT2D eigenvalue weighted by atomic mass is 15.0. The van der Waals surface area contributed by atoms with Crippen molar-refractivity contribution in [2.24, 2.45) is 11.5 Å². The van der Waals surface area contributed by atoms with Gasteiger partial charge in [0.15, 0.2) is 0 Å². The Morgan fingerprint density at radius 1 is 1.00 bits per heavy atom. The Hall–Kier alpha value is -0.120. The van der Waals surface area contributed by atoms with E-state index in [1.807, 2.05) is 0 Å². The molecule has 2 atom stereocenters. The van der Waals surface area contributed by atoms with Crippen LogP contribution in [0.2, 0.25) is 0 Å². The fourth-order valence-corrected chi connectivity index (χ4v) is 2.76. The number of nitrogens with two attached hydrogens (primary N) is 2. The first-order chi connectivity index (χ1) is 7.25. The van der Waals surface area contributed by atoms with Gasteiger partial charge in [0.2, 0.25) is 0 Å². The van der Waals surface area contributed by atoms with Crippen molar-refractivity contribution in [2.45, 2.75) is 69.1 Å². The third-order valence-corrected chi connectivity index (χ3v) is 3.86. The van der Waals surface area contributed by atoms with Crippen LogP contribution in [0.5, 0.6) is 0 Å².